The monoisotopic (exact) mass is 423 g/mol. The van der Waals surface area contributed by atoms with Crippen molar-refractivity contribution in [2.24, 2.45) is 0 Å². The Balaban J connectivity index is 1.21. The van der Waals surface area contributed by atoms with E-state index >= 15 is 0 Å². The number of carbonyl (C=O) groups is 2. The van der Waals surface area contributed by atoms with Crippen molar-refractivity contribution >= 4 is 35.0 Å². The van der Waals surface area contributed by atoms with E-state index in [1.807, 2.05) is 71.4 Å². The van der Waals surface area contributed by atoms with E-state index < -0.39 is 0 Å². The summed E-state index contributed by atoms with van der Waals surface area (Å²) in [6.45, 7) is 0.767. The molecule has 0 unspecified atom stereocenters. The van der Waals surface area contributed by atoms with Gasteiger partial charge in [0, 0.05) is 54.6 Å². The molecule has 2 aromatic carbocycles. The number of fused-ring (bicyclic) bond motifs is 1. The summed E-state index contributed by atoms with van der Waals surface area (Å²) in [7, 11) is 0. The van der Waals surface area contributed by atoms with Crippen LogP contribution in [0.1, 0.15) is 18.4 Å². The summed E-state index contributed by atoms with van der Waals surface area (Å²) < 4.78 is 1.87. The van der Waals surface area contributed by atoms with Crippen molar-refractivity contribution in [2.75, 3.05) is 16.8 Å². The van der Waals surface area contributed by atoms with Crippen molar-refractivity contribution in [3.05, 3.63) is 84.8 Å². The Labute approximate surface area is 185 Å². The molecule has 0 spiro atoms. The van der Waals surface area contributed by atoms with Gasteiger partial charge in [0.2, 0.25) is 17.6 Å². The van der Waals surface area contributed by atoms with Crippen LogP contribution in [-0.4, -0.2) is 32.7 Å². The molecule has 0 bridgehead atoms. The van der Waals surface area contributed by atoms with Crippen LogP contribution in [0.3, 0.4) is 0 Å². The van der Waals surface area contributed by atoms with Crippen LogP contribution in [0.4, 0.5) is 11.4 Å². The molecular weight excluding hydrogens is 402 g/mol. The summed E-state index contributed by atoms with van der Waals surface area (Å²) in [5.41, 5.74) is 4.26. The van der Waals surface area contributed by atoms with Gasteiger partial charge in [-0.3, -0.25) is 14.0 Å². The van der Waals surface area contributed by atoms with E-state index in [1.165, 1.54) is 6.08 Å². The minimum absolute atomic E-state index is 0.163. The van der Waals surface area contributed by atoms with Gasteiger partial charge >= 0.3 is 0 Å². The van der Waals surface area contributed by atoms with E-state index in [1.54, 1.807) is 17.2 Å². The number of amides is 2. The lowest BCUT2D eigenvalue weighted by molar-refractivity contribution is -0.117. The summed E-state index contributed by atoms with van der Waals surface area (Å²) >= 11 is 0. The Morgan fingerprint density at radius 1 is 1.06 bits per heavy atom. The normalized spacial score (nSPS) is 13.9. The van der Waals surface area contributed by atoms with Crippen LogP contribution in [0.15, 0.2) is 79.3 Å². The van der Waals surface area contributed by atoms with E-state index in [0.717, 1.165) is 35.5 Å². The van der Waals surface area contributed by atoms with Crippen LogP contribution in [0.2, 0.25) is 0 Å². The van der Waals surface area contributed by atoms with Gasteiger partial charge in [0.25, 0.3) is 0 Å². The predicted molar refractivity (Wildman–Crippen MR) is 124 cm³/mol. The molecule has 1 saturated heterocycles. The number of nitrogens with zero attached hydrogens (tertiary/aromatic N) is 4. The first-order valence-corrected chi connectivity index (χ1v) is 10.5. The Morgan fingerprint density at radius 2 is 1.88 bits per heavy atom. The first-order chi connectivity index (χ1) is 15.7. The molecular formula is C25H21N5O2. The maximum Gasteiger partial charge on any atom is 0.248 e. The van der Waals surface area contributed by atoms with E-state index in [-0.39, 0.29) is 11.8 Å². The van der Waals surface area contributed by atoms with Crippen LogP contribution >= 0.6 is 0 Å². The highest BCUT2D eigenvalue weighted by molar-refractivity contribution is 6.02. The molecule has 5 rings (SSSR count). The molecule has 2 amide bonds. The Bertz CT molecular complexity index is 1270. The summed E-state index contributed by atoms with van der Waals surface area (Å²) in [5, 5.41) is 2.86. The first-order valence-electron chi connectivity index (χ1n) is 10.5. The fraction of sp³-hybridized carbons (Fsp3) is 0.120. The molecule has 0 atom stereocenters. The van der Waals surface area contributed by atoms with Gasteiger partial charge in [-0.05, 0) is 48.4 Å². The summed E-state index contributed by atoms with van der Waals surface area (Å²) in [4.78, 5) is 34.7. The zero-order chi connectivity index (χ0) is 21.9. The van der Waals surface area contributed by atoms with Gasteiger partial charge in [-0.2, -0.15) is 0 Å². The number of carbonyl (C=O) groups excluding carboxylic acids is 2. The van der Waals surface area contributed by atoms with Crippen molar-refractivity contribution in [2.45, 2.75) is 12.8 Å². The Morgan fingerprint density at radius 3 is 2.59 bits per heavy atom. The van der Waals surface area contributed by atoms with Crippen molar-refractivity contribution in [1.82, 2.24) is 14.4 Å². The number of nitrogens with one attached hydrogen (secondary N) is 1. The number of aromatic nitrogens is 3. The molecule has 1 N–H and O–H groups in total. The van der Waals surface area contributed by atoms with Crippen molar-refractivity contribution in [1.29, 1.82) is 0 Å². The highest BCUT2D eigenvalue weighted by Gasteiger charge is 2.21. The quantitative estimate of drug-likeness (QED) is 0.489. The molecule has 1 aliphatic heterocycles. The van der Waals surface area contributed by atoms with Crippen molar-refractivity contribution in [3.63, 3.8) is 0 Å². The second-order valence-corrected chi connectivity index (χ2v) is 7.59. The van der Waals surface area contributed by atoms with Crippen molar-refractivity contribution in [3.8, 4) is 11.3 Å². The molecule has 7 nitrogen and oxygen atoms in total. The van der Waals surface area contributed by atoms with Crippen LogP contribution in [-0.2, 0) is 9.59 Å². The van der Waals surface area contributed by atoms with Crippen molar-refractivity contribution < 1.29 is 9.59 Å². The van der Waals surface area contributed by atoms with E-state index in [0.29, 0.717) is 17.9 Å². The van der Waals surface area contributed by atoms with Gasteiger partial charge < -0.3 is 10.2 Å². The van der Waals surface area contributed by atoms with Gasteiger partial charge in [-0.25, -0.2) is 9.97 Å². The third kappa shape index (κ3) is 4.13. The zero-order valence-corrected chi connectivity index (χ0v) is 17.3. The van der Waals surface area contributed by atoms with Crippen LogP contribution < -0.4 is 10.2 Å². The topological polar surface area (TPSA) is 79.6 Å². The minimum Gasteiger partial charge on any atom is -0.323 e. The molecule has 7 heteroatoms. The number of imidazole rings is 1. The molecule has 1 aliphatic rings. The molecule has 0 radical (unpaired) electrons. The highest BCUT2D eigenvalue weighted by atomic mass is 16.2. The summed E-state index contributed by atoms with van der Waals surface area (Å²) in [6.07, 6.45) is 10.3. The molecule has 4 aromatic rings. The predicted octanol–water partition coefficient (Wildman–Crippen LogP) is 4.18. The summed E-state index contributed by atoms with van der Waals surface area (Å²) in [5.74, 6) is 0.593. The second kappa shape index (κ2) is 8.47. The number of benzene rings is 2. The largest absolute Gasteiger partial charge is 0.323 e. The Hall–Kier alpha value is -4.26. The van der Waals surface area contributed by atoms with Gasteiger partial charge in [-0.15, -0.1) is 0 Å². The number of rotatable bonds is 5. The average molecular weight is 423 g/mol. The third-order valence-corrected chi connectivity index (χ3v) is 5.39. The molecule has 32 heavy (non-hydrogen) atoms. The lowest BCUT2D eigenvalue weighted by Gasteiger charge is -2.15. The smallest absolute Gasteiger partial charge is 0.248 e. The second-order valence-electron chi connectivity index (χ2n) is 7.59. The summed E-state index contributed by atoms with van der Waals surface area (Å²) in [6, 6.07) is 17.0. The lowest BCUT2D eigenvalue weighted by atomic mass is 10.1. The third-order valence-electron chi connectivity index (χ3n) is 5.39. The average Bonchev–Trinajstić information content (AvgIpc) is 3.45. The zero-order valence-electron chi connectivity index (χ0n) is 17.3. The standard InChI is InChI=1S/C25H21N5O2/c31-23(13-6-18-4-11-21(12-5-18)30-16-1-3-24(30)32)27-20-9-7-19(8-10-20)22-17-29-15-2-14-26-25(29)28-22/h2,4-15,17H,1,3,16H2,(H,27,31)/b13-6+. The van der Waals surface area contributed by atoms with Gasteiger partial charge in [-0.1, -0.05) is 24.3 Å². The number of hydrogen-bond acceptors (Lipinski definition) is 4. The highest BCUT2D eigenvalue weighted by Crippen LogP contribution is 2.23. The van der Waals surface area contributed by atoms with Gasteiger partial charge in [0.15, 0.2) is 0 Å². The molecule has 0 saturated carbocycles. The Kier molecular flexibility index (Phi) is 5.21. The molecule has 3 heterocycles. The van der Waals surface area contributed by atoms with E-state index in [4.69, 9.17) is 0 Å². The van der Waals surface area contributed by atoms with Gasteiger partial charge in [0.05, 0.1) is 5.69 Å². The number of hydrogen-bond donors (Lipinski definition) is 1. The maximum absolute atomic E-state index is 12.3. The maximum atomic E-state index is 12.3. The van der Waals surface area contributed by atoms with Gasteiger partial charge in [0.1, 0.15) is 0 Å². The molecule has 0 aliphatic carbocycles. The molecule has 2 aromatic heterocycles. The number of anilines is 2. The molecule has 1 fully saturated rings. The van der Waals surface area contributed by atoms with Crippen LogP contribution in [0, 0.1) is 0 Å². The SMILES string of the molecule is O=C(/C=C/c1ccc(N2CCCC2=O)cc1)Nc1ccc(-c2cn3cccnc3n2)cc1. The lowest BCUT2D eigenvalue weighted by Crippen LogP contribution is -2.23. The van der Waals surface area contributed by atoms with E-state index in [2.05, 4.69) is 15.3 Å². The van der Waals surface area contributed by atoms with E-state index in [9.17, 15) is 9.59 Å². The first kappa shape index (κ1) is 19.7. The fourth-order valence-corrected chi connectivity index (χ4v) is 3.74. The van der Waals surface area contributed by atoms with Crippen LogP contribution in [0.5, 0.6) is 0 Å². The fourth-order valence-electron chi connectivity index (χ4n) is 3.74. The van der Waals surface area contributed by atoms with Crippen LogP contribution in [0.25, 0.3) is 23.1 Å². The minimum atomic E-state index is -0.214. The molecule has 158 valence electrons.